The Balaban J connectivity index is 4.08. The number of hydrogen-bond donors (Lipinski definition) is 1. The van der Waals surface area contributed by atoms with Gasteiger partial charge in [0.1, 0.15) is 0 Å². The third kappa shape index (κ3) is 7.69. The largest absolute Gasteiger partial charge is 0.378 e. The number of terminal acetylenes is 1. The maximum Gasteiger partial charge on any atom is 0.214 e. The lowest BCUT2D eigenvalue weighted by molar-refractivity contribution is 0.0911. The lowest BCUT2D eigenvalue weighted by Crippen LogP contribution is -2.37. The highest BCUT2D eigenvalue weighted by Gasteiger charge is 2.15. The molecule has 0 aromatic carbocycles. The molecule has 1 unspecified atom stereocenters. The topological polar surface area (TPSA) is 55.4 Å². The molecule has 1 N–H and O–H groups in total. The summed E-state index contributed by atoms with van der Waals surface area (Å²) in [5, 5.41) is 0. The Morgan fingerprint density at radius 1 is 1.44 bits per heavy atom. The van der Waals surface area contributed by atoms with Crippen molar-refractivity contribution in [1.29, 1.82) is 0 Å². The summed E-state index contributed by atoms with van der Waals surface area (Å²) in [5.74, 6) is 2.44. The van der Waals surface area contributed by atoms with E-state index in [0.717, 1.165) is 0 Å². The van der Waals surface area contributed by atoms with Gasteiger partial charge in [-0.1, -0.05) is 6.92 Å². The molecule has 0 aliphatic heterocycles. The first-order valence-electron chi connectivity index (χ1n) is 5.46. The lowest BCUT2D eigenvalue weighted by Gasteiger charge is -2.15. The molecule has 4 nitrogen and oxygen atoms in total. The van der Waals surface area contributed by atoms with E-state index in [2.05, 4.69) is 10.6 Å². The third-order valence-electron chi connectivity index (χ3n) is 2.01. The van der Waals surface area contributed by atoms with E-state index in [1.807, 2.05) is 20.8 Å². The smallest absolute Gasteiger partial charge is 0.214 e. The predicted molar refractivity (Wildman–Crippen MR) is 65.5 cm³/mol. The summed E-state index contributed by atoms with van der Waals surface area (Å²) in [5.41, 5.74) is 0. The first-order chi connectivity index (χ1) is 7.41. The fourth-order valence-electron chi connectivity index (χ4n) is 1.12. The van der Waals surface area contributed by atoms with Crippen LogP contribution < -0.4 is 4.72 Å². The summed E-state index contributed by atoms with van der Waals surface area (Å²) in [6, 6.07) is -0.172. The van der Waals surface area contributed by atoms with E-state index in [4.69, 9.17) is 11.2 Å². The molecule has 16 heavy (non-hydrogen) atoms. The summed E-state index contributed by atoms with van der Waals surface area (Å²) >= 11 is 0. The Kier molecular flexibility index (Phi) is 7.39. The average molecular weight is 247 g/mol. The van der Waals surface area contributed by atoms with Crippen molar-refractivity contribution >= 4 is 10.0 Å². The summed E-state index contributed by atoms with van der Waals surface area (Å²) in [6.45, 7) is 5.84. The molecule has 0 spiro atoms. The second kappa shape index (κ2) is 7.66. The minimum Gasteiger partial charge on any atom is -0.378 e. The van der Waals surface area contributed by atoms with Crippen LogP contribution in [0.15, 0.2) is 0 Å². The van der Waals surface area contributed by atoms with E-state index in [1.165, 1.54) is 0 Å². The molecule has 0 aromatic rings. The third-order valence-corrected chi connectivity index (χ3v) is 3.40. The molecule has 0 heterocycles. The Bertz CT molecular complexity index is 317. The monoisotopic (exact) mass is 247 g/mol. The Labute approximate surface area is 98.8 Å². The van der Waals surface area contributed by atoms with E-state index in [9.17, 15) is 8.42 Å². The summed E-state index contributed by atoms with van der Waals surface area (Å²) < 4.78 is 31.0. The molecule has 1 atom stereocenters. The molecule has 0 aliphatic rings. The molecule has 0 fully saturated rings. The second-order valence-electron chi connectivity index (χ2n) is 3.87. The predicted octanol–water partition coefficient (Wildman–Crippen LogP) is 1.13. The number of sulfonamides is 1. The highest BCUT2D eigenvalue weighted by Crippen LogP contribution is 2.00. The zero-order chi connectivity index (χ0) is 12.6. The van der Waals surface area contributed by atoms with Crippen LogP contribution in [-0.2, 0) is 14.8 Å². The molecule has 94 valence electrons. The van der Waals surface area contributed by atoms with Gasteiger partial charge in [-0.25, -0.2) is 13.1 Å². The quantitative estimate of drug-likeness (QED) is 0.654. The molecule has 0 rings (SSSR count). The normalized spacial score (nSPS) is 13.7. The minimum atomic E-state index is -3.28. The van der Waals surface area contributed by atoms with E-state index in [-0.39, 0.29) is 24.5 Å². The van der Waals surface area contributed by atoms with Crippen molar-refractivity contribution in [2.75, 3.05) is 12.4 Å². The minimum absolute atomic E-state index is 0.0216. The second-order valence-corrected chi connectivity index (χ2v) is 5.74. The van der Waals surface area contributed by atoms with Gasteiger partial charge in [0, 0.05) is 12.5 Å². The molecule has 0 radical (unpaired) electrons. The van der Waals surface area contributed by atoms with Gasteiger partial charge in [0.05, 0.1) is 18.5 Å². The first kappa shape index (κ1) is 15.4. The van der Waals surface area contributed by atoms with E-state index >= 15 is 0 Å². The molecule has 0 saturated heterocycles. The van der Waals surface area contributed by atoms with Gasteiger partial charge in [-0.05, 0) is 20.3 Å². The van der Waals surface area contributed by atoms with Gasteiger partial charge in [0.2, 0.25) is 10.0 Å². The van der Waals surface area contributed by atoms with E-state index in [1.54, 1.807) is 0 Å². The zero-order valence-electron chi connectivity index (χ0n) is 10.2. The average Bonchev–Trinajstić information content (AvgIpc) is 2.15. The molecule has 0 bridgehead atoms. The summed E-state index contributed by atoms with van der Waals surface area (Å²) in [4.78, 5) is 0. The fourth-order valence-corrected chi connectivity index (χ4v) is 2.31. The molecular weight excluding hydrogens is 226 g/mol. The standard InChI is InChI=1S/C11H21NO3S/c1-5-7-11(6-2)12-16(13,14)9-8-15-10(3)4/h1,10-12H,6-9H2,2-4H3. The zero-order valence-corrected chi connectivity index (χ0v) is 11.0. The highest BCUT2D eigenvalue weighted by molar-refractivity contribution is 7.89. The van der Waals surface area contributed by atoms with Crippen LogP contribution in [0.25, 0.3) is 0 Å². The Morgan fingerprint density at radius 3 is 2.50 bits per heavy atom. The van der Waals surface area contributed by atoms with Crippen molar-refractivity contribution in [3.63, 3.8) is 0 Å². The maximum atomic E-state index is 11.6. The van der Waals surface area contributed by atoms with Crippen LogP contribution in [-0.4, -0.2) is 32.9 Å². The van der Waals surface area contributed by atoms with Crippen molar-refractivity contribution in [2.24, 2.45) is 0 Å². The molecular formula is C11H21NO3S. The number of hydrogen-bond acceptors (Lipinski definition) is 3. The van der Waals surface area contributed by atoms with Gasteiger partial charge in [-0.15, -0.1) is 12.3 Å². The van der Waals surface area contributed by atoms with Crippen molar-refractivity contribution in [1.82, 2.24) is 4.72 Å². The van der Waals surface area contributed by atoms with Gasteiger partial charge < -0.3 is 4.74 Å². The number of ether oxygens (including phenoxy) is 1. The molecule has 0 aromatic heterocycles. The molecule has 0 saturated carbocycles. The number of rotatable bonds is 8. The van der Waals surface area contributed by atoms with Gasteiger partial charge in [0.25, 0.3) is 0 Å². The van der Waals surface area contributed by atoms with Gasteiger partial charge in [0.15, 0.2) is 0 Å². The maximum absolute atomic E-state index is 11.6. The summed E-state index contributed by atoms with van der Waals surface area (Å²) in [6.07, 6.45) is 6.30. The van der Waals surface area contributed by atoms with Crippen LogP contribution in [0.2, 0.25) is 0 Å². The Morgan fingerprint density at radius 2 is 2.06 bits per heavy atom. The van der Waals surface area contributed by atoms with E-state index in [0.29, 0.717) is 12.8 Å². The molecule has 5 heteroatoms. The number of nitrogens with one attached hydrogen (secondary N) is 1. The van der Waals surface area contributed by atoms with Crippen LogP contribution in [0.5, 0.6) is 0 Å². The summed E-state index contributed by atoms with van der Waals surface area (Å²) in [7, 11) is -3.28. The van der Waals surface area contributed by atoms with Crippen molar-refractivity contribution < 1.29 is 13.2 Å². The van der Waals surface area contributed by atoms with Crippen LogP contribution in [0.4, 0.5) is 0 Å². The molecule has 0 aliphatic carbocycles. The fraction of sp³-hybridized carbons (Fsp3) is 0.818. The van der Waals surface area contributed by atoms with Crippen LogP contribution in [0.3, 0.4) is 0 Å². The van der Waals surface area contributed by atoms with Crippen molar-refractivity contribution in [3.05, 3.63) is 0 Å². The SMILES string of the molecule is C#CCC(CC)NS(=O)(=O)CCOC(C)C. The van der Waals surface area contributed by atoms with E-state index < -0.39 is 10.0 Å². The van der Waals surface area contributed by atoms with Crippen molar-refractivity contribution in [3.8, 4) is 12.3 Å². The van der Waals surface area contributed by atoms with Gasteiger partial charge in [-0.3, -0.25) is 0 Å². The first-order valence-corrected chi connectivity index (χ1v) is 7.11. The lowest BCUT2D eigenvalue weighted by atomic mass is 10.2. The van der Waals surface area contributed by atoms with Gasteiger partial charge in [-0.2, -0.15) is 0 Å². The van der Waals surface area contributed by atoms with Crippen molar-refractivity contribution in [2.45, 2.75) is 45.8 Å². The van der Waals surface area contributed by atoms with Gasteiger partial charge >= 0.3 is 0 Å². The highest BCUT2D eigenvalue weighted by atomic mass is 32.2. The van der Waals surface area contributed by atoms with Crippen LogP contribution in [0, 0.1) is 12.3 Å². The van der Waals surface area contributed by atoms with Crippen LogP contribution >= 0.6 is 0 Å². The molecule has 0 amide bonds. The van der Waals surface area contributed by atoms with Crippen LogP contribution in [0.1, 0.15) is 33.6 Å². The Hall–Kier alpha value is -0.570.